The number of benzene rings is 2. The predicted octanol–water partition coefficient (Wildman–Crippen LogP) is 3.25. The summed E-state index contributed by atoms with van der Waals surface area (Å²) in [6, 6.07) is 15.7. The first kappa shape index (κ1) is 14.1. The summed E-state index contributed by atoms with van der Waals surface area (Å²) in [7, 11) is 1.93. The molecule has 110 valence electrons. The second kappa shape index (κ2) is 5.85. The van der Waals surface area contributed by atoms with Crippen LogP contribution in [0.4, 0.5) is 0 Å². The van der Waals surface area contributed by atoms with Crippen molar-refractivity contribution in [2.24, 2.45) is 12.1 Å². The Morgan fingerprint density at radius 1 is 1.14 bits per heavy atom. The lowest BCUT2D eigenvalue weighted by Crippen LogP contribution is -2.17. The minimum absolute atomic E-state index is 0.208. The zero-order chi connectivity index (χ0) is 15.5. The number of hydrogen-bond acceptors (Lipinski definition) is 2. The SMILES string of the molecule is Cc1ccc(/C=N\NC(=O)c2cn(C)c3ccccc23)cc1. The molecule has 0 atom stereocenters. The minimum atomic E-state index is -0.208. The first-order valence-electron chi connectivity index (χ1n) is 7.09. The van der Waals surface area contributed by atoms with E-state index in [4.69, 9.17) is 0 Å². The van der Waals surface area contributed by atoms with Gasteiger partial charge in [0.2, 0.25) is 0 Å². The fourth-order valence-corrected chi connectivity index (χ4v) is 2.40. The molecular formula is C18H17N3O. The van der Waals surface area contributed by atoms with Crippen LogP contribution in [0.25, 0.3) is 10.9 Å². The molecule has 1 N–H and O–H groups in total. The number of para-hydroxylation sites is 1. The van der Waals surface area contributed by atoms with Gasteiger partial charge in [0.1, 0.15) is 0 Å². The third kappa shape index (κ3) is 2.76. The number of carbonyl (C=O) groups is 1. The Balaban J connectivity index is 1.78. The third-order valence-electron chi connectivity index (χ3n) is 3.60. The molecular weight excluding hydrogens is 274 g/mol. The summed E-state index contributed by atoms with van der Waals surface area (Å²) in [4.78, 5) is 12.3. The highest BCUT2D eigenvalue weighted by molar-refractivity contribution is 6.07. The molecule has 1 amide bonds. The number of nitrogens with one attached hydrogen (secondary N) is 1. The van der Waals surface area contributed by atoms with Crippen molar-refractivity contribution in [1.29, 1.82) is 0 Å². The summed E-state index contributed by atoms with van der Waals surface area (Å²) in [5.74, 6) is -0.208. The average Bonchev–Trinajstić information content (AvgIpc) is 2.87. The number of rotatable bonds is 3. The number of aryl methyl sites for hydroxylation is 2. The Bertz CT molecular complexity index is 844. The molecule has 0 radical (unpaired) electrons. The zero-order valence-corrected chi connectivity index (χ0v) is 12.6. The van der Waals surface area contributed by atoms with E-state index in [1.165, 1.54) is 5.56 Å². The predicted molar refractivity (Wildman–Crippen MR) is 89.2 cm³/mol. The van der Waals surface area contributed by atoms with Crippen molar-refractivity contribution >= 4 is 23.0 Å². The maximum absolute atomic E-state index is 12.3. The molecule has 4 heteroatoms. The summed E-state index contributed by atoms with van der Waals surface area (Å²) in [5, 5.41) is 4.95. The summed E-state index contributed by atoms with van der Waals surface area (Å²) < 4.78 is 1.94. The van der Waals surface area contributed by atoms with Crippen molar-refractivity contribution < 1.29 is 4.79 Å². The van der Waals surface area contributed by atoms with E-state index in [1.54, 1.807) is 6.21 Å². The summed E-state index contributed by atoms with van der Waals surface area (Å²) in [6.45, 7) is 2.03. The maximum Gasteiger partial charge on any atom is 0.273 e. The molecule has 0 aliphatic carbocycles. The van der Waals surface area contributed by atoms with Crippen molar-refractivity contribution in [3.8, 4) is 0 Å². The van der Waals surface area contributed by atoms with Gasteiger partial charge in [-0.05, 0) is 18.6 Å². The molecule has 2 aromatic carbocycles. The molecule has 0 saturated heterocycles. The Hall–Kier alpha value is -2.88. The number of carbonyl (C=O) groups excluding carboxylic acids is 1. The van der Waals surface area contributed by atoms with Crippen LogP contribution < -0.4 is 5.43 Å². The first-order chi connectivity index (χ1) is 10.6. The van der Waals surface area contributed by atoms with Gasteiger partial charge in [-0.15, -0.1) is 0 Å². The molecule has 1 aromatic heterocycles. The molecule has 0 aliphatic rings. The molecule has 4 nitrogen and oxygen atoms in total. The second-order valence-corrected chi connectivity index (χ2v) is 5.28. The van der Waals surface area contributed by atoms with Crippen LogP contribution in [0.5, 0.6) is 0 Å². The zero-order valence-electron chi connectivity index (χ0n) is 12.6. The van der Waals surface area contributed by atoms with Gasteiger partial charge in [0, 0.05) is 24.1 Å². The van der Waals surface area contributed by atoms with Gasteiger partial charge in [0.15, 0.2) is 0 Å². The van der Waals surface area contributed by atoms with Crippen molar-refractivity contribution in [3.63, 3.8) is 0 Å². The van der Waals surface area contributed by atoms with Crippen LogP contribution in [0.2, 0.25) is 0 Å². The number of fused-ring (bicyclic) bond motifs is 1. The number of nitrogens with zero attached hydrogens (tertiary/aromatic N) is 2. The molecule has 0 aliphatic heterocycles. The van der Waals surface area contributed by atoms with E-state index >= 15 is 0 Å². The van der Waals surface area contributed by atoms with Crippen LogP contribution >= 0.6 is 0 Å². The van der Waals surface area contributed by atoms with E-state index in [2.05, 4.69) is 10.5 Å². The van der Waals surface area contributed by atoms with E-state index in [0.717, 1.165) is 16.5 Å². The molecule has 0 bridgehead atoms. The first-order valence-corrected chi connectivity index (χ1v) is 7.09. The van der Waals surface area contributed by atoms with Gasteiger partial charge in [0.25, 0.3) is 5.91 Å². The van der Waals surface area contributed by atoms with Crippen molar-refractivity contribution in [1.82, 2.24) is 9.99 Å². The fraction of sp³-hybridized carbons (Fsp3) is 0.111. The topological polar surface area (TPSA) is 46.4 Å². The van der Waals surface area contributed by atoms with E-state index < -0.39 is 0 Å². The number of hydrazone groups is 1. The summed E-state index contributed by atoms with van der Waals surface area (Å²) in [5.41, 5.74) is 6.37. The quantitative estimate of drug-likeness (QED) is 0.584. The lowest BCUT2D eigenvalue weighted by molar-refractivity contribution is 0.0956. The summed E-state index contributed by atoms with van der Waals surface area (Å²) >= 11 is 0. The van der Waals surface area contributed by atoms with Crippen LogP contribution in [-0.4, -0.2) is 16.7 Å². The van der Waals surface area contributed by atoms with E-state index in [0.29, 0.717) is 5.56 Å². The molecule has 0 unspecified atom stereocenters. The standard InChI is InChI=1S/C18H17N3O/c1-13-7-9-14(10-8-13)11-19-20-18(22)16-12-21(2)17-6-4-3-5-15(16)17/h3-12H,1-2H3,(H,20,22)/b19-11-. The minimum Gasteiger partial charge on any atom is -0.350 e. The summed E-state index contributed by atoms with van der Waals surface area (Å²) in [6.07, 6.45) is 3.46. The molecule has 0 spiro atoms. The molecule has 22 heavy (non-hydrogen) atoms. The van der Waals surface area contributed by atoms with Gasteiger partial charge in [-0.2, -0.15) is 5.10 Å². The van der Waals surface area contributed by atoms with E-state index in [-0.39, 0.29) is 5.91 Å². The van der Waals surface area contributed by atoms with Crippen LogP contribution in [0.1, 0.15) is 21.5 Å². The van der Waals surface area contributed by atoms with Crippen LogP contribution in [0.15, 0.2) is 59.8 Å². The third-order valence-corrected chi connectivity index (χ3v) is 3.60. The Morgan fingerprint density at radius 2 is 1.86 bits per heavy atom. The van der Waals surface area contributed by atoms with Crippen LogP contribution in [0, 0.1) is 6.92 Å². The molecule has 0 fully saturated rings. The normalized spacial score (nSPS) is 11.2. The largest absolute Gasteiger partial charge is 0.350 e. The molecule has 1 heterocycles. The molecule has 3 aromatic rings. The van der Waals surface area contributed by atoms with Crippen molar-refractivity contribution in [2.75, 3.05) is 0 Å². The fourth-order valence-electron chi connectivity index (χ4n) is 2.40. The van der Waals surface area contributed by atoms with Crippen molar-refractivity contribution in [3.05, 3.63) is 71.4 Å². The van der Waals surface area contributed by atoms with Crippen molar-refractivity contribution in [2.45, 2.75) is 6.92 Å². The number of hydrogen-bond donors (Lipinski definition) is 1. The molecule has 3 rings (SSSR count). The Labute approximate surface area is 129 Å². The monoisotopic (exact) mass is 291 g/mol. The van der Waals surface area contributed by atoms with Gasteiger partial charge in [-0.1, -0.05) is 48.0 Å². The van der Waals surface area contributed by atoms with Gasteiger partial charge < -0.3 is 4.57 Å². The van der Waals surface area contributed by atoms with Crippen LogP contribution in [-0.2, 0) is 7.05 Å². The van der Waals surface area contributed by atoms with Gasteiger partial charge in [-0.25, -0.2) is 5.43 Å². The lowest BCUT2D eigenvalue weighted by Gasteiger charge is -1.98. The highest BCUT2D eigenvalue weighted by atomic mass is 16.2. The number of amides is 1. The smallest absolute Gasteiger partial charge is 0.273 e. The van der Waals surface area contributed by atoms with Gasteiger partial charge >= 0.3 is 0 Å². The van der Waals surface area contributed by atoms with E-state index in [9.17, 15) is 4.79 Å². The Kier molecular flexibility index (Phi) is 3.74. The number of aromatic nitrogens is 1. The lowest BCUT2D eigenvalue weighted by atomic mass is 10.2. The van der Waals surface area contributed by atoms with Gasteiger partial charge in [-0.3, -0.25) is 4.79 Å². The van der Waals surface area contributed by atoms with E-state index in [1.807, 2.05) is 73.3 Å². The highest BCUT2D eigenvalue weighted by Gasteiger charge is 2.12. The van der Waals surface area contributed by atoms with Crippen LogP contribution in [0.3, 0.4) is 0 Å². The Morgan fingerprint density at radius 3 is 2.64 bits per heavy atom. The highest BCUT2D eigenvalue weighted by Crippen LogP contribution is 2.19. The van der Waals surface area contributed by atoms with Gasteiger partial charge in [0.05, 0.1) is 11.8 Å². The average molecular weight is 291 g/mol. The molecule has 0 saturated carbocycles. The maximum atomic E-state index is 12.3. The second-order valence-electron chi connectivity index (χ2n) is 5.28.